The molecule has 0 unspecified atom stereocenters. The minimum atomic E-state index is 0.499. The van der Waals surface area contributed by atoms with Gasteiger partial charge in [0.15, 0.2) is 5.65 Å². The van der Waals surface area contributed by atoms with Crippen LogP contribution >= 0.6 is 0 Å². The first-order valence-corrected chi connectivity index (χ1v) is 5.08. The minimum absolute atomic E-state index is 0.499. The second kappa shape index (κ2) is 3.47. The molecule has 0 N–H and O–H groups in total. The van der Waals surface area contributed by atoms with Crippen LogP contribution in [-0.2, 0) is 0 Å². The van der Waals surface area contributed by atoms with Crippen LogP contribution in [0.3, 0.4) is 0 Å². The van der Waals surface area contributed by atoms with Crippen molar-refractivity contribution >= 4 is 22.5 Å². The highest BCUT2D eigenvalue weighted by atomic mass is 15.2. The second-order valence-corrected chi connectivity index (χ2v) is 3.74. The fourth-order valence-corrected chi connectivity index (χ4v) is 1.82. The normalized spacial score (nSPS) is 10.6. The van der Waals surface area contributed by atoms with E-state index < -0.39 is 0 Å². The third-order valence-corrected chi connectivity index (χ3v) is 2.58. The van der Waals surface area contributed by atoms with Crippen LogP contribution in [0.1, 0.15) is 5.56 Å². The van der Waals surface area contributed by atoms with Gasteiger partial charge in [-0.25, -0.2) is 9.97 Å². The summed E-state index contributed by atoms with van der Waals surface area (Å²) in [5, 5.41) is 3.62. The van der Waals surface area contributed by atoms with Gasteiger partial charge < -0.3 is 0 Å². The molecule has 3 rings (SSSR count). The summed E-state index contributed by atoms with van der Waals surface area (Å²) in [6.07, 6.45) is 3.52. The minimum Gasteiger partial charge on any atom is -0.284 e. The molecule has 0 aliphatic rings. The summed E-state index contributed by atoms with van der Waals surface area (Å²) in [4.78, 5) is 11.5. The number of aromatic nitrogens is 3. The molecule has 3 heterocycles. The summed E-state index contributed by atoms with van der Waals surface area (Å²) in [7, 11) is 0. The van der Waals surface area contributed by atoms with Gasteiger partial charge in [-0.3, -0.25) is 4.40 Å². The predicted octanol–water partition coefficient (Wildman–Crippen LogP) is 3.13. The summed E-state index contributed by atoms with van der Waals surface area (Å²) in [5.41, 5.74) is 12.2. The molecular formula is C11H8N6. The largest absolute Gasteiger partial charge is 0.284 e. The number of hydrogen-bond acceptors (Lipinski definition) is 3. The van der Waals surface area contributed by atoms with Crippen LogP contribution in [0.2, 0.25) is 0 Å². The van der Waals surface area contributed by atoms with Gasteiger partial charge in [-0.15, -0.1) is 0 Å². The van der Waals surface area contributed by atoms with E-state index in [-0.39, 0.29) is 0 Å². The van der Waals surface area contributed by atoms with Crippen molar-refractivity contribution in [1.82, 2.24) is 14.4 Å². The van der Waals surface area contributed by atoms with E-state index in [0.29, 0.717) is 16.9 Å². The molecule has 17 heavy (non-hydrogen) atoms. The molecule has 3 aromatic rings. The molecule has 0 spiro atoms. The van der Waals surface area contributed by atoms with E-state index in [1.807, 2.05) is 29.7 Å². The number of nitrogens with zero attached hydrogens (tertiary/aromatic N) is 6. The maximum atomic E-state index is 8.50. The molecule has 0 bridgehead atoms. The lowest BCUT2D eigenvalue weighted by Crippen LogP contribution is -1.86. The van der Waals surface area contributed by atoms with E-state index >= 15 is 0 Å². The number of azide groups is 1. The Morgan fingerprint density at radius 2 is 2.29 bits per heavy atom. The fourth-order valence-electron chi connectivity index (χ4n) is 1.82. The zero-order valence-electron chi connectivity index (χ0n) is 9.07. The third-order valence-electron chi connectivity index (χ3n) is 2.58. The van der Waals surface area contributed by atoms with E-state index in [0.717, 1.165) is 11.2 Å². The average Bonchev–Trinajstić information content (AvgIpc) is 2.68. The number of pyridine rings is 2. The lowest BCUT2D eigenvalue weighted by Gasteiger charge is -1.95. The Labute approximate surface area is 96.2 Å². The maximum Gasteiger partial charge on any atom is 0.164 e. The highest BCUT2D eigenvalue weighted by molar-refractivity contribution is 5.86. The van der Waals surface area contributed by atoms with Gasteiger partial charge in [0.05, 0.1) is 5.69 Å². The van der Waals surface area contributed by atoms with Gasteiger partial charge in [0.1, 0.15) is 11.2 Å². The Balaban J connectivity index is 2.50. The molecule has 0 fully saturated rings. The quantitative estimate of drug-likeness (QED) is 0.361. The Hall–Kier alpha value is -2.59. The molecule has 0 radical (unpaired) electrons. The highest BCUT2D eigenvalue weighted by Crippen LogP contribution is 2.24. The Bertz CT molecular complexity index is 766. The average molecular weight is 224 g/mol. The molecule has 0 saturated carbocycles. The molecule has 0 atom stereocenters. The van der Waals surface area contributed by atoms with Gasteiger partial charge in [-0.2, -0.15) is 0 Å². The first-order valence-electron chi connectivity index (χ1n) is 5.08. The van der Waals surface area contributed by atoms with Crippen molar-refractivity contribution in [2.75, 3.05) is 0 Å². The van der Waals surface area contributed by atoms with Gasteiger partial charge in [0.2, 0.25) is 0 Å². The highest BCUT2D eigenvalue weighted by Gasteiger charge is 2.08. The van der Waals surface area contributed by atoms with Crippen LogP contribution in [0.4, 0.5) is 5.69 Å². The van der Waals surface area contributed by atoms with Gasteiger partial charge >= 0.3 is 0 Å². The van der Waals surface area contributed by atoms with E-state index in [1.54, 1.807) is 12.3 Å². The molecule has 0 amide bonds. The number of imidazole rings is 1. The zero-order valence-corrected chi connectivity index (χ0v) is 9.07. The monoisotopic (exact) mass is 224 g/mol. The molecule has 6 heteroatoms. The van der Waals surface area contributed by atoms with Crippen molar-refractivity contribution in [2.45, 2.75) is 6.92 Å². The lowest BCUT2D eigenvalue weighted by molar-refractivity contribution is 1.17. The van der Waals surface area contributed by atoms with Gasteiger partial charge in [-0.05, 0) is 36.2 Å². The maximum absolute atomic E-state index is 8.50. The van der Waals surface area contributed by atoms with Crippen LogP contribution in [0.15, 0.2) is 35.7 Å². The molecule has 6 nitrogen and oxygen atoms in total. The van der Waals surface area contributed by atoms with Crippen LogP contribution < -0.4 is 0 Å². The number of aryl methyl sites for hydroxylation is 1. The van der Waals surface area contributed by atoms with Crippen LogP contribution in [-0.4, -0.2) is 14.4 Å². The number of hydrogen-bond donors (Lipinski definition) is 0. The predicted molar refractivity (Wildman–Crippen MR) is 64.0 cm³/mol. The second-order valence-electron chi connectivity index (χ2n) is 3.74. The molecule has 3 aromatic heterocycles. The van der Waals surface area contributed by atoms with E-state index in [4.69, 9.17) is 5.53 Å². The lowest BCUT2D eigenvalue weighted by atomic mass is 10.3. The Morgan fingerprint density at radius 3 is 3.12 bits per heavy atom. The van der Waals surface area contributed by atoms with Gasteiger partial charge in [-0.1, -0.05) is 5.11 Å². The molecule has 82 valence electrons. The van der Waals surface area contributed by atoms with E-state index in [1.165, 1.54) is 0 Å². The summed E-state index contributed by atoms with van der Waals surface area (Å²) >= 11 is 0. The third kappa shape index (κ3) is 1.39. The van der Waals surface area contributed by atoms with Crippen molar-refractivity contribution in [3.8, 4) is 0 Å². The first kappa shape index (κ1) is 9.62. The van der Waals surface area contributed by atoms with Gasteiger partial charge in [0, 0.05) is 17.3 Å². The van der Waals surface area contributed by atoms with Crippen LogP contribution in [0.5, 0.6) is 0 Å². The Morgan fingerprint density at radius 1 is 1.41 bits per heavy atom. The van der Waals surface area contributed by atoms with Crippen LogP contribution in [0, 0.1) is 6.92 Å². The summed E-state index contributed by atoms with van der Waals surface area (Å²) in [6, 6.07) is 5.60. The summed E-state index contributed by atoms with van der Waals surface area (Å²) in [6.45, 7) is 2.00. The summed E-state index contributed by atoms with van der Waals surface area (Å²) < 4.78 is 1.87. The van der Waals surface area contributed by atoms with Crippen molar-refractivity contribution in [2.24, 2.45) is 5.11 Å². The Kier molecular flexibility index (Phi) is 1.96. The molecular weight excluding hydrogens is 216 g/mol. The molecule has 0 aliphatic carbocycles. The zero-order chi connectivity index (χ0) is 11.8. The van der Waals surface area contributed by atoms with Crippen LogP contribution in [0.25, 0.3) is 27.3 Å². The van der Waals surface area contributed by atoms with E-state index in [2.05, 4.69) is 20.0 Å². The smallest absolute Gasteiger partial charge is 0.164 e. The molecule has 0 aliphatic heterocycles. The van der Waals surface area contributed by atoms with Crippen molar-refractivity contribution in [3.63, 3.8) is 0 Å². The van der Waals surface area contributed by atoms with Gasteiger partial charge in [0.25, 0.3) is 0 Å². The van der Waals surface area contributed by atoms with Crippen molar-refractivity contribution in [3.05, 3.63) is 46.6 Å². The molecule has 0 saturated heterocycles. The van der Waals surface area contributed by atoms with Crippen molar-refractivity contribution in [1.29, 1.82) is 0 Å². The number of rotatable bonds is 1. The SMILES string of the molecule is Cc1ccn2c(c1)nc1c(N=[N+]=[N-])ccnc12. The molecule has 0 aromatic carbocycles. The first-order chi connectivity index (χ1) is 8.29. The van der Waals surface area contributed by atoms with E-state index in [9.17, 15) is 0 Å². The number of fused-ring (bicyclic) bond motifs is 3. The van der Waals surface area contributed by atoms with Crippen molar-refractivity contribution < 1.29 is 0 Å². The standard InChI is InChI=1S/C11H8N6/c1-7-3-5-17-9(6-7)14-10-8(15-16-12)2-4-13-11(10)17/h2-6H,1H3. The fraction of sp³-hybridized carbons (Fsp3) is 0.0909. The summed E-state index contributed by atoms with van der Waals surface area (Å²) in [5.74, 6) is 0. The topological polar surface area (TPSA) is 79.0 Å².